The van der Waals surface area contributed by atoms with Gasteiger partial charge in [-0.1, -0.05) is 30.3 Å². The molecule has 2 aromatic rings. The summed E-state index contributed by atoms with van der Waals surface area (Å²) in [7, 11) is 0. The van der Waals surface area contributed by atoms with Crippen LogP contribution in [0.2, 0.25) is 0 Å². The summed E-state index contributed by atoms with van der Waals surface area (Å²) < 4.78 is 0. The lowest BCUT2D eigenvalue weighted by Gasteiger charge is -2.06. The van der Waals surface area contributed by atoms with Crippen molar-refractivity contribution >= 4 is 0 Å². The molecule has 1 N–H and O–H groups in total. The predicted molar refractivity (Wildman–Crippen MR) is 58.0 cm³/mol. The summed E-state index contributed by atoms with van der Waals surface area (Å²) in [4.78, 5) is 12.5. The molecule has 0 atom stereocenters. The van der Waals surface area contributed by atoms with Gasteiger partial charge >= 0.3 is 0 Å². The monoisotopic (exact) mass is 201 g/mol. The Kier molecular flexibility index (Phi) is 2.78. The highest BCUT2D eigenvalue weighted by Crippen LogP contribution is 1.97. The Hall–Kier alpha value is -2.10. The second-order valence-electron chi connectivity index (χ2n) is 3.09. The molecule has 0 aliphatic heterocycles. The quantitative estimate of drug-likeness (QED) is 0.805. The van der Waals surface area contributed by atoms with Crippen LogP contribution in [0.15, 0.2) is 53.5 Å². The highest BCUT2D eigenvalue weighted by Gasteiger charge is 1.94. The first-order chi connectivity index (χ1) is 7.36. The maximum Gasteiger partial charge on any atom is 0.285 e. The van der Waals surface area contributed by atoms with Crippen molar-refractivity contribution in [1.29, 1.82) is 0 Å². The fourth-order valence-electron chi connectivity index (χ4n) is 1.24. The highest BCUT2D eigenvalue weighted by molar-refractivity contribution is 5.15. The minimum absolute atomic E-state index is 0.159. The molecule has 1 aromatic heterocycles. The maximum atomic E-state index is 11.3. The minimum atomic E-state index is -0.159. The summed E-state index contributed by atoms with van der Waals surface area (Å²) in [5.41, 5.74) is 3.87. The van der Waals surface area contributed by atoms with E-state index >= 15 is 0 Å². The molecule has 76 valence electrons. The van der Waals surface area contributed by atoms with Gasteiger partial charge in [0.25, 0.3) is 5.56 Å². The third kappa shape index (κ3) is 2.43. The van der Waals surface area contributed by atoms with Gasteiger partial charge in [-0.15, -0.1) is 4.79 Å². The molecule has 4 heteroatoms. The zero-order valence-corrected chi connectivity index (χ0v) is 8.13. The molecule has 0 bridgehead atoms. The van der Waals surface area contributed by atoms with Gasteiger partial charge < -0.3 is 5.43 Å². The van der Waals surface area contributed by atoms with Gasteiger partial charge in [-0.3, -0.25) is 4.79 Å². The maximum absolute atomic E-state index is 11.3. The van der Waals surface area contributed by atoms with E-state index in [2.05, 4.69) is 10.5 Å². The molecule has 2 rings (SSSR count). The molecule has 0 fully saturated rings. The van der Waals surface area contributed by atoms with E-state index in [-0.39, 0.29) is 5.56 Å². The SMILES string of the molecule is O=c1cccnn1NCc1ccccc1. The van der Waals surface area contributed by atoms with Crippen LogP contribution in [0.3, 0.4) is 0 Å². The largest absolute Gasteiger partial charge is 0.302 e. The van der Waals surface area contributed by atoms with Gasteiger partial charge in [0.1, 0.15) is 0 Å². The normalized spacial score (nSPS) is 9.87. The molecule has 0 saturated carbocycles. The Morgan fingerprint density at radius 3 is 2.67 bits per heavy atom. The van der Waals surface area contributed by atoms with Crippen LogP contribution in [0.4, 0.5) is 0 Å². The van der Waals surface area contributed by atoms with Gasteiger partial charge in [0.2, 0.25) is 0 Å². The van der Waals surface area contributed by atoms with E-state index in [9.17, 15) is 4.79 Å². The fourth-order valence-corrected chi connectivity index (χ4v) is 1.24. The molecule has 0 unspecified atom stereocenters. The van der Waals surface area contributed by atoms with E-state index in [1.165, 1.54) is 10.9 Å². The van der Waals surface area contributed by atoms with Gasteiger partial charge in [0.05, 0.1) is 6.54 Å². The average molecular weight is 201 g/mol. The molecule has 0 saturated heterocycles. The highest BCUT2D eigenvalue weighted by atomic mass is 16.1. The van der Waals surface area contributed by atoms with Crippen molar-refractivity contribution in [3.63, 3.8) is 0 Å². The van der Waals surface area contributed by atoms with Crippen LogP contribution >= 0.6 is 0 Å². The lowest BCUT2D eigenvalue weighted by Crippen LogP contribution is -2.29. The molecule has 1 heterocycles. The first kappa shape index (κ1) is 9.45. The third-order valence-electron chi connectivity index (χ3n) is 1.99. The Bertz CT molecular complexity index is 478. The van der Waals surface area contributed by atoms with Gasteiger partial charge in [-0.2, -0.15) is 5.10 Å². The molecule has 0 spiro atoms. The van der Waals surface area contributed by atoms with Gasteiger partial charge in [-0.05, 0) is 11.6 Å². The van der Waals surface area contributed by atoms with Crippen LogP contribution in [0.25, 0.3) is 0 Å². The number of hydrogen-bond acceptors (Lipinski definition) is 3. The fraction of sp³-hybridized carbons (Fsp3) is 0.0909. The Morgan fingerprint density at radius 1 is 1.13 bits per heavy atom. The van der Waals surface area contributed by atoms with Crippen molar-refractivity contribution in [2.24, 2.45) is 0 Å². The summed E-state index contributed by atoms with van der Waals surface area (Å²) in [5.74, 6) is 0. The molecule has 0 radical (unpaired) electrons. The van der Waals surface area contributed by atoms with Gasteiger partial charge in [0, 0.05) is 12.3 Å². The summed E-state index contributed by atoms with van der Waals surface area (Å²) in [6, 6.07) is 12.9. The predicted octanol–water partition coefficient (Wildman–Crippen LogP) is 0.987. The van der Waals surface area contributed by atoms with Crippen molar-refractivity contribution in [2.75, 3.05) is 5.43 Å². The van der Waals surface area contributed by atoms with Crippen molar-refractivity contribution in [3.8, 4) is 0 Å². The van der Waals surface area contributed by atoms with Crippen LogP contribution < -0.4 is 11.0 Å². The van der Waals surface area contributed by atoms with Crippen molar-refractivity contribution in [3.05, 3.63) is 64.6 Å². The number of nitrogens with zero attached hydrogens (tertiary/aromatic N) is 2. The molecule has 0 amide bonds. The zero-order chi connectivity index (χ0) is 10.5. The topological polar surface area (TPSA) is 46.9 Å². The van der Waals surface area contributed by atoms with Crippen LogP contribution in [0.5, 0.6) is 0 Å². The van der Waals surface area contributed by atoms with E-state index < -0.39 is 0 Å². The van der Waals surface area contributed by atoms with E-state index in [0.717, 1.165) is 5.56 Å². The number of rotatable bonds is 3. The first-order valence-electron chi connectivity index (χ1n) is 4.68. The van der Waals surface area contributed by atoms with E-state index in [0.29, 0.717) is 6.54 Å². The smallest absolute Gasteiger partial charge is 0.285 e. The average Bonchev–Trinajstić information content (AvgIpc) is 2.29. The second-order valence-corrected chi connectivity index (χ2v) is 3.09. The van der Waals surface area contributed by atoms with Crippen LogP contribution in [0.1, 0.15) is 5.56 Å². The number of hydrogen-bond donors (Lipinski definition) is 1. The number of nitrogens with one attached hydrogen (secondary N) is 1. The summed E-state index contributed by atoms with van der Waals surface area (Å²) >= 11 is 0. The number of aromatic nitrogens is 2. The molecule has 15 heavy (non-hydrogen) atoms. The van der Waals surface area contributed by atoms with Crippen molar-refractivity contribution in [2.45, 2.75) is 6.54 Å². The molecule has 1 aromatic carbocycles. The second kappa shape index (κ2) is 4.41. The summed E-state index contributed by atoms with van der Waals surface area (Å²) in [6.07, 6.45) is 1.57. The van der Waals surface area contributed by atoms with Crippen molar-refractivity contribution in [1.82, 2.24) is 9.89 Å². The summed E-state index contributed by atoms with van der Waals surface area (Å²) in [5, 5.41) is 3.89. The van der Waals surface area contributed by atoms with Crippen LogP contribution in [-0.4, -0.2) is 9.89 Å². The Morgan fingerprint density at radius 2 is 1.93 bits per heavy atom. The van der Waals surface area contributed by atoms with Crippen molar-refractivity contribution < 1.29 is 0 Å². The Labute approximate surface area is 87.2 Å². The van der Waals surface area contributed by atoms with Crippen LogP contribution in [0, 0.1) is 0 Å². The van der Waals surface area contributed by atoms with E-state index in [1.54, 1.807) is 12.3 Å². The van der Waals surface area contributed by atoms with E-state index in [1.807, 2.05) is 30.3 Å². The summed E-state index contributed by atoms with van der Waals surface area (Å²) in [6.45, 7) is 0.581. The zero-order valence-electron chi connectivity index (χ0n) is 8.13. The lowest BCUT2D eigenvalue weighted by atomic mass is 10.2. The molecule has 0 aliphatic carbocycles. The molecular weight excluding hydrogens is 190 g/mol. The third-order valence-corrected chi connectivity index (χ3v) is 1.99. The van der Waals surface area contributed by atoms with Gasteiger partial charge in [-0.25, -0.2) is 0 Å². The standard InChI is InChI=1S/C11H11N3O/c15-11-7-4-8-12-14(11)13-9-10-5-2-1-3-6-10/h1-8,13H,9H2. The van der Waals surface area contributed by atoms with E-state index in [4.69, 9.17) is 0 Å². The molecule has 4 nitrogen and oxygen atoms in total. The lowest BCUT2D eigenvalue weighted by molar-refractivity contribution is 0.682. The van der Waals surface area contributed by atoms with Crippen LogP contribution in [-0.2, 0) is 6.54 Å². The molecule has 0 aliphatic rings. The number of benzene rings is 1. The minimum Gasteiger partial charge on any atom is -0.302 e. The molecular formula is C11H11N3O. The first-order valence-corrected chi connectivity index (χ1v) is 4.68. The Balaban J connectivity index is 2.06. The van der Waals surface area contributed by atoms with Gasteiger partial charge in [0.15, 0.2) is 0 Å².